The van der Waals surface area contributed by atoms with Crippen molar-refractivity contribution in [3.05, 3.63) is 16.5 Å². The van der Waals surface area contributed by atoms with Crippen LogP contribution in [0.1, 0.15) is 25.5 Å². The topological polar surface area (TPSA) is 59.8 Å². The van der Waals surface area contributed by atoms with Crippen LogP contribution >= 0.6 is 27.5 Å². The van der Waals surface area contributed by atoms with Crippen molar-refractivity contribution in [1.29, 1.82) is 0 Å². The summed E-state index contributed by atoms with van der Waals surface area (Å²) in [5.74, 6) is 0.561. The van der Waals surface area contributed by atoms with E-state index in [1.807, 2.05) is 6.92 Å². The van der Waals surface area contributed by atoms with E-state index in [-0.39, 0.29) is 21.5 Å². The zero-order chi connectivity index (χ0) is 14.8. The monoisotopic (exact) mass is 385 g/mol. The molecule has 1 saturated heterocycles. The first-order chi connectivity index (χ1) is 9.48. The summed E-state index contributed by atoms with van der Waals surface area (Å²) in [4.78, 5) is 0.130. The number of halogens is 2. The number of sulfonamides is 1. The van der Waals surface area contributed by atoms with Crippen LogP contribution in [0.2, 0.25) is 0 Å². The number of piperidine rings is 1. The van der Waals surface area contributed by atoms with Gasteiger partial charge in [-0.3, -0.25) is 0 Å². The number of ether oxygens (including phenoxy) is 1. The summed E-state index contributed by atoms with van der Waals surface area (Å²) in [6, 6.07) is 1.47. The molecule has 0 aromatic carbocycles. The second kappa shape index (κ2) is 6.79. The summed E-state index contributed by atoms with van der Waals surface area (Å²) in [6.45, 7) is 3.38. The maximum Gasteiger partial charge on any atom is 0.247 e. The molecule has 1 aliphatic rings. The standard InChI is InChI=1S/C12H17BrClNO4S/c1-2-18-9-4-3-5-15(8-9)20(16,17)11-6-10(7-14)19-12(11)13/h6,9H,2-5,7-8H2,1H3. The van der Waals surface area contributed by atoms with Crippen LogP contribution in [-0.4, -0.2) is 38.5 Å². The molecular formula is C12H17BrClNO4S. The summed E-state index contributed by atoms with van der Waals surface area (Å²) < 4.78 is 37.7. The van der Waals surface area contributed by atoms with Gasteiger partial charge in [0.2, 0.25) is 10.0 Å². The number of rotatable bonds is 5. The van der Waals surface area contributed by atoms with Gasteiger partial charge in [-0.2, -0.15) is 4.31 Å². The third-order valence-electron chi connectivity index (χ3n) is 3.20. The van der Waals surface area contributed by atoms with Crippen molar-refractivity contribution in [3.8, 4) is 0 Å². The molecule has 5 nitrogen and oxygen atoms in total. The lowest BCUT2D eigenvalue weighted by atomic mass is 10.1. The van der Waals surface area contributed by atoms with Gasteiger partial charge in [0, 0.05) is 25.8 Å². The van der Waals surface area contributed by atoms with Gasteiger partial charge >= 0.3 is 0 Å². The van der Waals surface area contributed by atoms with Gasteiger partial charge in [-0.1, -0.05) is 0 Å². The Bertz CT molecular complexity index is 558. The molecule has 2 heterocycles. The van der Waals surface area contributed by atoms with Crippen molar-refractivity contribution >= 4 is 37.6 Å². The van der Waals surface area contributed by atoms with Crippen LogP contribution in [0.5, 0.6) is 0 Å². The number of furan rings is 1. The molecule has 1 aromatic rings. The first-order valence-electron chi connectivity index (χ1n) is 6.45. The second-order valence-corrected chi connectivity index (χ2v) is 7.46. The highest BCUT2D eigenvalue weighted by molar-refractivity contribution is 9.10. The molecule has 0 N–H and O–H groups in total. The minimum Gasteiger partial charge on any atom is -0.452 e. The smallest absolute Gasteiger partial charge is 0.247 e. The molecule has 1 unspecified atom stereocenters. The second-order valence-electron chi connectivity index (χ2n) is 4.57. The third kappa shape index (κ3) is 3.39. The van der Waals surface area contributed by atoms with E-state index in [1.165, 1.54) is 10.4 Å². The summed E-state index contributed by atoms with van der Waals surface area (Å²) in [5, 5.41) is 0. The molecule has 20 heavy (non-hydrogen) atoms. The van der Waals surface area contributed by atoms with Crippen molar-refractivity contribution < 1.29 is 17.6 Å². The quantitative estimate of drug-likeness (QED) is 0.730. The normalized spacial score (nSPS) is 21.2. The van der Waals surface area contributed by atoms with Gasteiger partial charge in [0.05, 0.1) is 12.0 Å². The molecule has 1 aromatic heterocycles. The molecule has 1 fully saturated rings. The van der Waals surface area contributed by atoms with E-state index in [1.54, 1.807) is 0 Å². The largest absolute Gasteiger partial charge is 0.452 e. The van der Waals surface area contributed by atoms with E-state index in [2.05, 4.69) is 15.9 Å². The van der Waals surface area contributed by atoms with Crippen LogP contribution in [0.3, 0.4) is 0 Å². The van der Waals surface area contributed by atoms with Crippen LogP contribution < -0.4 is 0 Å². The summed E-state index contributed by atoms with van der Waals surface area (Å²) in [6.07, 6.45) is 1.64. The van der Waals surface area contributed by atoms with E-state index in [9.17, 15) is 8.42 Å². The Hall–Kier alpha value is -0.0800. The maximum atomic E-state index is 12.6. The third-order valence-corrected chi connectivity index (χ3v) is 6.18. The van der Waals surface area contributed by atoms with Crippen molar-refractivity contribution in [2.24, 2.45) is 0 Å². The van der Waals surface area contributed by atoms with E-state index in [4.69, 9.17) is 20.8 Å². The van der Waals surface area contributed by atoms with Crippen LogP contribution in [0, 0.1) is 0 Å². The van der Waals surface area contributed by atoms with Gasteiger partial charge in [0.15, 0.2) is 4.67 Å². The van der Waals surface area contributed by atoms with E-state index >= 15 is 0 Å². The van der Waals surface area contributed by atoms with Crippen molar-refractivity contribution in [3.63, 3.8) is 0 Å². The van der Waals surface area contributed by atoms with Gasteiger partial charge in [0.1, 0.15) is 10.7 Å². The predicted molar refractivity (Wildman–Crippen MR) is 79.4 cm³/mol. The Kier molecular flexibility index (Phi) is 5.53. The molecule has 8 heteroatoms. The molecule has 0 radical (unpaired) electrons. The van der Waals surface area contributed by atoms with Gasteiger partial charge in [-0.15, -0.1) is 11.6 Å². The molecule has 2 rings (SSSR count). The SMILES string of the molecule is CCOC1CCCN(S(=O)(=O)c2cc(CCl)oc2Br)C1. The lowest BCUT2D eigenvalue weighted by Crippen LogP contribution is -2.43. The summed E-state index contributed by atoms with van der Waals surface area (Å²) >= 11 is 8.81. The highest BCUT2D eigenvalue weighted by atomic mass is 79.9. The van der Waals surface area contributed by atoms with Gasteiger partial charge in [0.25, 0.3) is 0 Å². The fraction of sp³-hybridized carbons (Fsp3) is 0.667. The van der Waals surface area contributed by atoms with Gasteiger partial charge < -0.3 is 9.15 Å². The average Bonchev–Trinajstić information content (AvgIpc) is 2.81. The molecule has 0 bridgehead atoms. The summed E-state index contributed by atoms with van der Waals surface area (Å²) in [7, 11) is -3.58. The Labute approximate surface area is 132 Å². The number of nitrogens with zero attached hydrogens (tertiary/aromatic N) is 1. The van der Waals surface area contributed by atoms with Gasteiger partial charge in [-0.25, -0.2) is 8.42 Å². The Morgan fingerprint density at radius 1 is 1.60 bits per heavy atom. The Balaban J connectivity index is 2.22. The summed E-state index contributed by atoms with van der Waals surface area (Å²) in [5.41, 5.74) is 0. The van der Waals surface area contributed by atoms with Crippen molar-refractivity contribution in [2.75, 3.05) is 19.7 Å². The fourth-order valence-electron chi connectivity index (χ4n) is 2.27. The van der Waals surface area contributed by atoms with E-state index in [0.717, 1.165) is 12.8 Å². The number of alkyl halides is 1. The lowest BCUT2D eigenvalue weighted by molar-refractivity contribution is 0.0265. The maximum absolute atomic E-state index is 12.6. The molecule has 1 atom stereocenters. The number of hydrogen-bond acceptors (Lipinski definition) is 4. The van der Waals surface area contributed by atoms with Gasteiger partial charge in [-0.05, 0) is 35.7 Å². The minimum atomic E-state index is -3.58. The fourth-order valence-corrected chi connectivity index (χ4v) is 4.88. The zero-order valence-electron chi connectivity index (χ0n) is 11.1. The van der Waals surface area contributed by atoms with E-state index in [0.29, 0.717) is 25.5 Å². The molecule has 0 amide bonds. The van der Waals surface area contributed by atoms with E-state index < -0.39 is 10.0 Å². The minimum absolute atomic E-state index is 0.0401. The predicted octanol–water partition coefficient (Wildman–Crippen LogP) is 2.97. The molecule has 1 aliphatic heterocycles. The van der Waals surface area contributed by atoms with Crippen molar-refractivity contribution in [1.82, 2.24) is 4.31 Å². The van der Waals surface area contributed by atoms with Crippen LogP contribution in [0.15, 0.2) is 20.0 Å². The molecule has 0 aliphatic carbocycles. The first kappa shape index (κ1) is 16.3. The molecule has 0 spiro atoms. The average molecular weight is 387 g/mol. The van der Waals surface area contributed by atoms with Crippen LogP contribution in [0.4, 0.5) is 0 Å². The Morgan fingerprint density at radius 2 is 2.35 bits per heavy atom. The molecule has 0 saturated carbocycles. The van der Waals surface area contributed by atoms with Crippen LogP contribution in [0.25, 0.3) is 0 Å². The highest BCUT2D eigenvalue weighted by Crippen LogP contribution is 2.31. The lowest BCUT2D eigenvalue weighted by Gasteiger charge is -2.31. The zero-order valence-corrected chi connectivity index (χ0v) is 14.3. The first-order valence-corrected chi connectivity index (χ1v) is 9.21. The van der Waals surface area contributed by atoms with Crippen molar-refractivity contribution in [2.45, 2.75) is 36.6 Å². The molecular weight excluding hydrogens is 370 g/mol. The number of hydrogen-bond donors (Lipinski definition) is 0. The Morgan fingerprint density at radius 3 is 2.95 bits per heavy atom. The van der Waals surface area contributed by atoms with Crippen LogP contribution in [-0.2, 0) is 20.6 Å². The highest BCUT2D eigenvalue weighted by Gasteiger charge is 2.33. The molecule has 114 valence electrons.